The number of likely N-dealkylation sites (N-methyl/N-ethyl adjacent to an activating group) is 1. The minimum atomic E-state index is -0.0392. The fourth-order valence-electron chi connectivity index (χ4n) is 1.28. The van der Waals surface area contributed by atoms with Crippen molar-refractivity contribution in [3.05, 3.63) is 0 Å². The molecule has 0 bridgehead atoms. The highest BCUT2D eigenvalue weighted by molar-refractivity contribution is 5.78. The molecule has 0 atom stereocenters. The first-order valence-electron chi connectivity index (χ1n) is 5.69. The summed E-state index contributed by atoms with van der Waals surface area (Å²) < 4.78 is 5.49. The maximum Gasteiger partial charge on any atom is 0.234 e. The third-order valence-corrected chi connectivity index (χ3v) is 2.47. The van der Waals surface area contributed by atoms with Crippen molar-refractivity contribution in [2.24, 2.45) is 5.92 Å². The Morgan fingerprint density at radius 2 is 2.38 bits per heavy atom. The topological polar surface area (TPSA) is 41.6 Å². The van der Waals surface area contributed by atoms with Crippen molar-refractivity contribution < 1.29 is 9.53 Å². The second-order valence-corrected chi connectivity index (χ2v) is 4.24. The molecule has 0 saturated heterocycles. The second kappa shape index (κ2) is 7.26. The van der Waals surface area contributed by atoms with Crippen LogP contribution in [0.2, 0.25) is 0 Å². The zero-order chi connectivity index (χ0) is 11.8. The van der Waals surface area contributed by atoms with Crippen molar-refractivity contribution in [1.82, 2.24) is 10.2 Å². The van der Waals surface area contributed by atoms with E-state index in [-0.39, 0.29) is 5.91 Å². The van der Waals surface area contributed by atoms with E-state index in [1.54, 1.807) is 0 Å². The lowest BCUT2D eigenvalue weighted by Gasteiger charge is -2.15. The first-order valence-corrected chi connectivity index (χ1v) is 5.69. The van der Waals surface area contributed by atoms with Gasteiger partial charge < -0.3 is 10.1 Å². The summed E-state index contributed by atoms with van der Waals surface area (Å²) in [5.74, 6) is 3.12. The second-order valence-electron chi connectivity index (χ2n) is 4.24. The van der Waals surface area contributed by atoms with Crippen LogP contribution in [0.4, 0.5) is 0 Å². The lowest BCUT2D eigenvalue weighted by atomic mass is 10.4. The summed E-state index contributed by atoms with van der Waals surface area (Å²) in [6.45, 7) is 3.00. The first-order chi connectivity index (χ1) is 7.72. The number of terminal acetylenes is 1. The number of nitrogens with zero attached hydrogens (tertiary/aromatic N) is 1. The van der Waals surface area contributed by atoms with Crippen LogP contribution in [-0.4, -0.2) is 50.7 Å². The van der Waals surface area contributed by atoms with Gasteiger partial charge in [0.05, 0.1) is 19.7 Å². The average Bonchev–Trinajstić information content (AvgIpc) is 3.05. The summed E-state index contributed by atoms with van der Waals surface area (Å²) in [5, 5.41) is 2.62. The number of hydrogen-bond acceptors (Lipinski definition) is 3. The van der Waals surface area contributed by atoms with Gasteiger partial charge in [-0.05, 0) is 25.8 Å². The zero-order valence-electron chi connectivity index (χ0n) is 9.87. The van der Waals surface area contributed by atoms with E-state index in [9.17, 15) is 4.79 Å². The van der Waals surface area contributed by atoms with Crippen LogP contribution < -0.4 is 5.32 Å². The van der Waals surface area contributed by atoms with E-state index in [2.05, 4.69) is 11.2 Å². The van der Waals surface area contributed by atoms with Gasteiger partial charge in [0.1, 0.15) is 0 Å². The number of carbonyl (C=O) groups excluding carboxylic acids is 1. The Morgan fingerprint density at radius 1 is 1.62 bits per heavy atom. The summed E-state index contributed by atoms with van der Waals surface area (Å²) in [6.07, 6.45) is 7.66. The SMILES string of the molecule is C#CCNC(=O)CN(C)CCOCC1CC1. The Bertz CT molecular complexity index is 256. The molecule has 0 unspecified atom stereocenters. The predicted octanol–water partition coefficient (Wildman–Crippen LogP) is 0.0942. The standard InChI is InChI=1S/C12H20N2O2/c1-3-6-13-12(15)9-14(2)7-8-16-10-11-4-5-11/h1,11H,4-10H2,2H3,(H,13,15). The molecule has 0 aliphatic heterocycles. The molecule has 0 heterocycles. The van der Waals surface area contributed by atoms with Crippen LogP contribution >= 0.6 is 0 Å². The maximum atomic E-state index is 11.3. The highest BCUT2D eigenvalue weighted by Crippen LogP contribution is 2.28. The third-order valence-electron chi connectivity index (χ3n) is 2.47. The van der Waals surface area contributed by atoms with Gasteiger partial charge in [0, 0.05) is 13.2 Å². The molecule has 0 aromatic rings. The molecule has 0 aromatic carbocycles. The normalized spacial score (nSPS) is 14.8. The summed E-state index contributed by atoms with van der Waals surface area (Å²) in [6, 6.07) is 0. The van der Waals surface area contributed by atoms with Gasteiger partial charge in [0.2, 0.25) is 5.91 Å². The number of carbonyl (C=O) groups is 1. The fraction of sp³-hybridized carbons (Fsp3) is 0.750. The Kier molecular flexibility index (Phi) is 5.91. The molecule has 90 valence electrons. The van der Waals surface area contributed by atoms with Gasteiger partial charge in [-0.3, -0.25) is 9.69 Å². The molecule has 0 aromatic heterocycles. The Morgan fingerprint density at radius 3 is 3.00 bits per heavy atom. The van der Waals surface area contributed by atoms with E-state index in [0.717, 1.165) is 19.1 Å². The van der Waals surface area contributed by atoms with Gasteiger partial charge in [0.25, 0.3) is 0 Å². The Balaban J connectivity index is 1.94. The van der Waals surface area contributed by atoms with Gasteiger partial charge in [-0.2, -0.15) is 0 Å². The van der Waals surface area contributed by atoms with Crippen LogP contribution in [0.15, 0.2) is 0 Å². The van der Waals surface area contributed by atoms with Crippen LogP contribution in [0.25, 0.3) is 0 Å². The quantitative estimate of drug-likeness (QED) is 0.469. The van der Waals surface area contributed by atoms with Crippen molar-refractivity contribution in [2.45, 2.75) is 12.8 Å². The number of amides is 1. The third kappa shape index (κ3) is 6.44. The number of nitrogens with one attached hydrogen (secondary N) is 1. The molecule has 1 aliphatic carbocycles. The van der Waals surface area contributed by atoms with E-state index < -0.39 is 0 Å². The Labute approximate surface area is 97.3 Å². The van der Waals surface area contributed by atoms with Crippen LogP contribution in [0.1, 0.15) is 12.8 Å². The molecule has 4 nitrogen and oxygen atoms in total. The first kappa shape index (κ1) is 13.0. The molecule has 1 saturated carbocycles. The number of hydrogen-bond donors (Lipinski definition) is 1. The van der Waals surface area contributed by atoms with Crippen LogP contribution in [0.5, 0.6) is 0 Å². The van der Waals surface area contributed by atoms with Gasteiger partial charge >= 0.3 is 0 Å². The monoisotopic (exact) mass is 224 g/mol. The molecule has 0 spiro atoms. The fourth-order valence-corrected chi connectivity index (χ4v) is 1.28. The summed E-state index contributed by atoms with van der Waals surface area (Å²) >= 11 is 0. The van der Waals surface area contributed by atoms with Crippen molar-refractivity contribution in [3.8, 4) is 12.3 Å². The minimum Gasteiger partial charge on any atom is -0.380 e. The Hall–Kier alpha value is -1.05. The molecule has 0 radical (unpaired) electrons. The largest absolute Gasteiger partial charge is 0.380 e. The van der Waals surface area contributed by atoms with Crippen molar-refractivity contribution in [2.75, 3.05) is 39.9 Å². The summed E-state index contributed by atoms with van der Waals surface area (Å²) in [5.41, 5.74) is 0. The maximum absolute atomic E-state index is 11.3. The van der Waals surface area contributed by atoms with Crippen LogP contribution in [0.3, 0.4) is 0 Å². The zero-order valence-corrected chi connectivity index (χ0v) is 9.87. The minimum absolute atomic E-state index is 0.0392. The van der Waals surface area contributed by atoms with Crippen molar-refractivity contribution in [1.29, 1.82) is 0 Å². The van der Waals surface area contributed by atoms with Crippen molar-refractivity contribution in [3.63, 3.8) is 0 Å². The van der Waals surface area contributed by atoms with Crippen molar-refractivity contribution >= 4 is 5.91 Å². The highest BCUT2D eigenvalue weighted by atomic mass is 16.5. The van der Waals surface area contributed by atoms with Crippen LogP contribution in [-0.2, 0) is 9.53 Å². The summed E-state index contributed by atoms with van der Waals surface area (Å²) in [7, 11) is 1.90. The molecular weight excluding hydrogens is 204 g/mol. The van der Waals surface area contributed by atoms with Gasteiger partial charge in [-0.15, -0.1) is 6.42 Å². The molecule has 4 heteroatoms. The molecular formula is C12H20N2O2. The van der Waals surface area contributed by atoms with Crippen LogP contribution in [0, 0.1) is 18.3 Å². The van der Waals surface area contributed by atoms with E-state index in [1.165, 1.54) is 12.8 Å². The number of ether oxygens (including phenoxy) is 1. The molecule has 16 heavy (non-hydrogen) atoms. The van der Waals surface area contributed by atoms with E-state index in [0.29, 0.717) is 19.7 Å². The molecule has 1 fully saturated rings. The van der Waals surface area contributed by atoms with Gasteiger partial charge in [0.15, 0.2) is 0 Å². The average molecular weight is 224 g/mol. The smallest absolute Gasteiger partial charge is 0.234 e. The highest BCUT2D eigenvalue weighted by Gasteiger charge is 2.20. The molecule has 1 rings (SSSR count). The van der Waals surface area contributed by atoms with Gasteiger partial charge in [-0.1, -0.05) is 5.92 Å². The lowest BCUT2D eigenvalue weighted by Crippen LogP contribution is -2.36. The summed E-state index contributed by atoms with van der Waals surface area (Å²) in [4.78, 5) is 13.2. The predicted molar refractivity (Wildman–Crippen MR) is 62.9 cm³/mol. The number of rotatable bonds is 8. The molecule has 1 amide bonds. The molecule has 1 N–H and O–H groups in total. The van der Waals surface area contributed by atoms with E-state index in [1.807, 2.05) is 11.9 Å². The van der Waals surface area contributed by atoms with E-state index in [4.69, 9.17) is 11.2 Å². The van der Waals surface area contributed by atoms with Gasteiger partial charge in [-0.25, -0.2) is 0 Å². The van der Waals surface area contributed by atoms with E-state index >= 15 is 0 Å². The lowest BCUT2D eigenvalue weighted by molar-refractivity contribution is -0.121. The molecule has 1 aliphatic rings.